The van der Waals surface area contributed by atoms with Crippen molar-refractivity contribution in [2.24, 2.45) is 0 Å². The minimum absolute atomic E-state index is 0.724. The van der Waals surface area contributed by atoms with E-state index in [-0.39, 0.29) is 0 Å². The number of ether oxygens (including phenoxy) is 1. The Hall–Kier alpha value is -0.860. The van der Waals surface area contributed by atoms with E-state index in [2.05, 4.69) is 23.5 Å². The highest BCUT2D eigenvalue weighted by Gasteiger charge is 2.17. The molecule has 1 aromatic rings. The standard InChI is InChI=1S/C14H19NO/c1-2-13(9-15-6-1)11-3-4-14-10-16-7-5-12(14)8-11/h3-4,8,13,15H,1-2,5-7,9-10H2. The third-order valence-electron chi connectivity index (χ3n) is 3.77. The van der Waals surface area contributed by atoms with E-state index in [1.807, 2.05) is 0 Å². The molecular weight excluding hydrogens is 198 g/mol. The summed E-state index contributed by atoms with van der Waals surface area (Å²) in [6.45, 7) is 4.03. The number of nitrogens with one attached hydrogen (secondary N) is 1. The van der Waals surface area contributed by atoms with Crippen LogP contribution in [0.25, 0.3) is 0 Å². The van der Waals surface area contributed by atoms with Crippen molar-refractivity contribution < 1.29 is 4.74 Å². The molecule has 0 spiro atoms. The molecular formula is C14H19NO. The summed E-state index contributed by atoms with van der Waals surface area (Å²) >= 11 is 0. The lowest BCUT2D eigenvalue weighted by atomic mass is 9.88. The van der Waals surface area contributed by atoms with E-state index in [9.17, 15) is 0 Å². The number of piperidine rings is 1. The molecule has 1 atom stereocenters. The quantitative estimate of drug-likeness (QED) is 0.779. The average Bonchev–Trinajstić information content (AvgIpc) is 2.39. The Morgan fingerprint density at radius 2 is 2.25 bits per heavy atom. The van der Waals surface area contributed by atoms with Gasteiger partial charge in [0.1, 0.15) is 0 Å². The van der Waals surface area contributed by atoms with Crippen LogP contribution >= 0.6 is 0 Å². The molecule has 2 nitrogen and oxygen atoms in total. The van der Waals surface area contributed by atoms with Gasteiger partial charge >= 0.3 is 0 Å². The minimum Gasteiger partial charge on any atom is -0.376 e. The normalized spacial score (nSPS) is 25.1. The zero-order valence-corrected chi connectivity index (χ0v) is 9.67. The zero-order chi connectivity index (χ0) is 10.8. The van der Waals surface area contributed by atoms with Crippen LogP contribution in [0.5, 0.6) is 0 Å². The molecule has 1 N–H and O–H groups in total. The van der Waals surface area contributed by atoms with Crippen molar-refractivity contribution in [2.45, 2.75) is 31.8 Å². The fourth-order valence-electron chi connectivity index (χ4n) is 2.77. The minimum atomic E-state index is 0.724. The Morgan fingerprint density at radius 3 is 3.12 bits per heavy atom. The zero-order valence-electron chi connectivity index (χ0n) is 9.67. The molecule has 0 bridgehead atoms. The summed E-state index contributed by atoms with van der Waals surface area (Å²) in [5.41, 5.74) is 4.42. The first kappa shape index (κ1) is 10.3. The molecule has 2 aliphatic heterocycles. The van der Waals surface area contributed by atoms with Crippen LogP contribution in [-0.2, 0) is 17.8 Å². The Morgan fingerprint density at radius 1 is 1.25 bits per heavy atom. The van der Waals surface area contributed by atoms with E-state index >= 15 is 0 Å². The van der Waals surface area contributed by atoms with Crippen LogP contribution in [0.1, 0.15) is 35.4 Å². The number of fused-ring (bicyclic) bond motifs is 1. The maximum Gasteiger partial charge on any atom is 0.0719 e. The van der Waals surface area contributed by atoms with Crippen molar-refractivity contribution in [3.63, 3.8) is 0 Å². The molecule has 16 heavy (non-hydrogen) atoms. The Balaban J connectivity index is 1.84. The number of benzene rings is 1. The predicted octanol–water partition coefficient (Wildman–Crippen LogP) is 2.23. The van der Waals surface area contributed by atoms with Gasteiger partial charge in [-0.3, -0.25) is 0 Å². The van der Waals surface area contributed by atoms with Gasteiger partial charge in [-0.25, -0.2) is 0 Å². The Labute approximate surface area is 97.0 Å². The number of rotatable bonds is 1. The maximum atomic E-state index is 5.47. The monoisotopic (exact) mass is 217 g/mol. The summed E-state index contributed by atoms with van der Waals surface area (Å²) < 4.78 is 5.47. The fourth-order valence-corrected chi connectivity index (χ4v) is 2.77. The molecule has 3 rings (SSSR count). The third-order valence-corrected chi connectivity index (χ3v) is 3.77. The highest BCUT2D eigenvalue weighted by molar-refractivity contribution is 5.35. The van der Waals surface area contributed by atoms with Gasteiger partial charge in [0.25, 0.3) is 0 Å². The molecule has 2 heteroatoms. The van der Waals surface area contributed by atoms with Gasteiger partial charge in [-0.15, -0.1) is 0 Å². The first-order chi connectivity index (χ1) is 7.93. The van der Waals surface area contributed by atoms with E-state index in [1.54, 1.807) is 0 Å². The van der Waals surface area contributed by atoms with Crippen LogP contribution in [0, 0.1) is 0 Å². The molecule has 0 saturated carbocycles. The van der Waals surface area contributed by atoms with Gasteiger partial charge in [-0.1, -0.05) is 18.2 Å². The van der Waals surface area contributed by atoms with Crippen LogP contribution in [0.4, 0.5) is 0 Å². The van der Waals surface area contributed by atoms with E-state index in [0.717, 1.165) is 32.1 Å². The van der Waals surface area contributed by atoms with E-state index in [1.165, 1.54) is 36.1 Å². The molecule has 0 aromatic heterocycles. The van der Waals surface area contributed by atoms with E-state index < -0.39 is 0 Å². The summed E-state index contributed by atoms with van der Waals surface area (Å²) in [6.07, 6.45) is 3.73. The van der Waals surface area contributed by atoms with Gasteiger partial charge in [0.2, 0.25) is 0 Å². The Kier molecular flexibility index (Phi) is 2.94. The molecule has 1 unspecified atom stereocenters. The molecule has 2 heterocycles. The van der Waals surface area contributed by atoms with Crippen molar-refractivity contribution in [1.82, 2.24) is 5.32 Å². The van der Waals surface area contributed by atoms with Crippen LogP contribution in [0.2, 0.25) is 0 Å². The smallest absolute Gasteiger partial charge is 0.0719 e. The third kappa shape index (κ3) is 2.00. The molecule has 0 amide bonds. The summed E-state index contributed by atoms with van der Waals surface area (Å²) in [6, 6.07) is 6.97. The van der Waals surface area contributed by atoms with Crippen LogP contribution in [-0.4, -0.2) is 19.7 Å². The molecule has 0 aliphatic carbocycles. The predicted molar refractivity (Wildman–Crippen MR) is 64.6 cm³/mol. The largest absolute Gasteiger partial charge is 0.376 e. The maximum absolute atomic E-state index is 5.47. The summed E-state index contributed by atoms with van der Waals surface area (Å²) in [5, 5.41) is 3.49. The second-order valence-corrected chi connectivity index (χ2v) is 4.87. The van der Waals surface area contributed by atoms with E-state index in [0.29, 0.717) is 0 Å². The first-order valence-corrected chi connectivity index (χ1v) is 6.33. The number of hydrogen-bond donors (Lipinski definition) is 1. The van der Waals surface area contributed by atoms with Crippen molar-refractivity contribution in [2.75, 3.05) is 19.7 Å². The average molecular weight is 217 g/mol. The van der Waals surface area contributed by atoms with Gasteiger partial charge in [-0.05, 0) is 48.4 Å². The molecule has 86 valence electrons. The van der Waals surface area contributed by atoms with Crippen LogP contribution in [0.15, 0.2) is 18.2 Å². The van der Waals surface area contributed by atoms with Gasteiger partial charge in [-0.2, -0.15) is 0 Å². The lowest BCUT2D eigenvalue weighted by molar-refractivity contribution is 0.110. The molecule has 1 fully saturated rings. The molecule has 0 radical (unpaired) electrons. The van der Waals surface area contributed by atoms with Crippen molar-refractivity contribution >= 4 is 0 Å². The topological polar surface area (TPSA) is 21.3 Å². The van der Waals surface area contributed by atoms with Gasteiger partial charge in [0.05, 0.1) is 13.2 Å². The van der Waals surface area contributed by atoms with Crippen LogP contribution < -0.4 is 5.32 Å². The van der Waals surface area contributed by atoms with Gasteiger partial charge in [0.15, 0.2) is 0 Å². The Bertz CT molecular complexity index is 369. The first-order valence-electron chi connectivity index (χ1n) is 6.33. The lowest BCUT2D eigenvalue weighted by Gasteiger charge is -2.25. The lowest BCUT2D eigenvalue weighted by Crippen LogP contribution is -2.28. The SMILES string of the molecule is c1cc2c(cc1C1CCCNC1)CCOC2. The number of hydrogen-bond acceptors (Lipinski definition) is 2. The fraction of sp³-hybridized carbons (Fsp3) is 0.571. The highest BCUT2D eigenvalue weighted by atomic mass is 16.5. The van der Waals surface area contributed by atoms with E-state index in [4.69, 9.17) is 4.74 Å². The second kappa shape index (κ2) is 4.56. The highest BCUT2D eigenvalue weighted by Crippen LogP contribution is 2.27. The van der Waals surface area contributed by atoms with Crippen molar-refractivity contribution in [1.29, 1.82) is 0 Å². The van der Waals surface area contributed by atoms with Gasteiger partial charge in [0, 0.05) is 6.54 Å². The molecule has 1 aromatic carbocycles. The summed E-state index contributed by atoms with van der Waals surface area (Å²) in [7, 11) is 0. The summed E-state index contributed by atoms with van der Waals surface area (Å²) in [5.74, 6) is 0.724. The van der Waals surface area contributed by atoms with Gasteiger partial charge < -0.3 is 10.1 Å². The van der Waals surface area contributed by atoms with Crippen molar-refractivity contribution in [3.05, 3.63) is 34.9 Å². The summed E-state index contributed by atoms with van der Waals surface area (Å²) in [4.78, 5) is 0. The molecule has 1 saturated heterocycles. The second-order valence-electron chi connectivity index (χ2n) is 4.87. The molecule has 2 aliphatic rings. The van der Waals surface area contributed by atoms with Crippen molar-refractivity contribution in [3.8, 4) is 0 Å². The van der Waals surface area contributed by atoms with Crippen LogP contribution in [0.3, 0.4) is 0 Å².